The molecule has 0 bridgehead atoms. The van der Waals surface area contributed by atoms with Gasteiger partial charge in [-0.15, -0.1) is 0 Å². The first-order valence-corrected chi connectivity index (χ1v) is 11.3. The summed E-state index contributed by atoms with van der Waals surface area (Å²) < 4.78 is 6.34. The minimum atomic E-state index is -1.79. The highest BCUT2D eigenvalue weighted by Gasteiger charge is 2.37. The summed E-state index contributed by atoms with van der Waals surface area (Å²) in [5, 5.41) is 20.6. The van der Waals surface area contributed by atoms with Crippen molar-refractivity contribution in [2.24, 2.45) is 0 Å². The normalized spacial score (nSPS) is 18.5. The van der Waals surface area contributed by atoms with Crippen molar-refractivity contribution in [3.8, 4) is 11.5 Å². The average Bonchev–Trinajstić information content (AvgIpc) is 2.47. The van der Waals surface area contributed by atoms with Gasteiger partial charge in [-0.05, 0) is 48.7 Å². The Bertz CT molecular complexity index is 612. The lowest BCUT2D eigenvalue weighted by atomic mass is 9.82. The molecule has 0 unspecified atom stereocenters. The van der Waals surface area contributed by atoms with Gasteiger partial charge >= 0.3 is 0 Å². The Morgan fingerprint density at radius 1 is 1.17 bits per heavy atom. The summed E-state index contributed by atoms with van der Waals surface area (Å²) in [4.78, 5) is 0. The van der Waals surface area contributed by atoms with E-state index in [0.29, 0.717) is 13.0 Å². The van der Waals surface area contributed by atoms with Crippen molar-refractivity contribution >= 4 is 8.32 Å². The number of allylic oxidation sites excluding steroid dienone is 1. The predicted octanol–water partition coefficient (Wildman–Crippen LogP) is 5.10. The molecule has 0 fully saturated rings. The van der Waals surface area contributed by atoms with Crippen molar-refractivity contribution in [2.75, 3.05) is 6.61 Å². The van der Waals surface area contributed by atoms with Gasteiger partial charge in [0.25, 0.3) is 0 Å². The third kappa shape index (κ3) is 3.64. The van der Waals surface area contributed by atoms with E-state index in [4.69, 9.17) is 4.43 Å². The summed E-state index contributed by atoms with van der Waals surface area (Å²) in [7, 11) is -1.79. The van der Waals surface area contributed by atoms with Crippen molar-refractivity contribution in [1.29, 1.82) is 0 Å². The molecule has 0 heterocycles. The molecule has 1 aromatic rings. The smallest absolute Gasteiger partial charge is 0.192 e. The van der Waals surface area contributed by atoms with E-state index in [9.17, 15) is 10.2 Å². The van der Waals surface area contributed by atoms with Crippen LogP contribution in [0.4, 0.5) is 0 Å². The van der Waals surface area contributed by atoms with Gasteiger partial charge in [-0.1, -0.05) is 33.8 Å². The maximum atomic E-state index is 10.2. The van der Waals surface area contributed by atoms with E-state index in [1.807, 2.05) is 0 Å². The summed E-state index contributed by atoms with van der Waals surface area (Å²) in [5.41, 5.74) is 2.94. The Balaban J connectivity index is 2.24. The minimum Gasteiger partial charge on any atom is -0.508 e. The summed E-state index contributed by atoms with van der Waals surface area (Å²) in [6.07, 6.45) is 3.77. The Hall–Kier alpha value is -1.26. The van der Waals surface area contributed by atoms with Gasteiger partial charge in [0.05, 0.1) is 6.61 Å². The van der Waals surface area contributed by atoms with Gasteiger partial charge in [-0.25, -0.2) is 0 Å². The lowest BCUT2D eigenvalue weighted by Crippen LogP contribution is -2.41. The standard InChI is InChI=1S/C19H30O3Si/c1-7-14-10-13(12-22-23(5,6)19(2,3)4)11-15-16(20)8-9-17(21)18(14)15/h8-10,14,20-21H,7,11-12H2,1-6H3/t14-/m1/s1. The van der Waals surface area contributed by atoms with Crippen molar-refractivity contribution in [3.05, 3.63) is 34.9 Å². The van der Waals surface area contributed by atoms with Crippen molar-refractivity contribution in [2.45, 2.75) is 64.6 Å². The van der Waals surface area contributed by atoms with Crippen LogP contribution < -0.4 is 0 Å². The lowest BCUT2D eigenvalue weighted by Gasteiger charge is -2.37. The van der Waals surface area contributed by atoms with E-state index in [1.54, 1.807) is 12.1 Å². The maximum Gasteiger partial charge on any atom is 0.192 e. The molecule has 0 saturated heterocycles. The SMILES string of the molecule is CC[C@@H]1C=C(CO[Si](C)(C)C(C)(C)C)Cc2c(O)ccc(O)c21. The fourth-order valence-electron chi connectivity index (χ4n) is 2.80. The molecule has 23 heavy (non-hydrogen) atoms. The second kappa shape index (κ2) is 6.33. The largest absolute Gasteiger partial charge is 0.508 e. The first-order chi connectivity index (χ1) is 10.6. The topological polar surface area (TPSA) is 49.7 Å². The van der Waals surface area contributed by atoms with E-state index in [0.717, 1.165) is 17.5 Å². The van der Waals surface area contributed by atoms with Crippen LogP contribution in [-0.4, -0.2) is 25.1 Å². The van der Waals surface area contributed by atoms with Crippen LogP contribution in [0.2, 0.25) is 18.1 Å². The number of phenols is 2. The zero-order valence-electron chi connectivity index (χ0n) is 15.2. The van der Waals surface area contributed by atoms with Gasteiger partial charge in [0.1, 0.15) is 11.5 Å². The van der Waals surface area contributed by atoms with Crippen molar-refractivity contribution < 1.29 is 14.6 Å². The molecular formula is C19H30O3Si. The molecule has 0 radical (unpaired) electrons. The molecule has 0 saturated carbocycles. The van der Waals surface area contributed by atoms with E-state index in [-0.39, 0.29) is 22.5 Å². The first-order valence-electron chi connectivity index (χ1n) is 8.44. The highest BCUT2D eigenvalue weighted by molar-refractivity contribution is 6.74. The third-order valence-electron chi connectivity index (χ3n) is 5.39. The van der Waals surface area contributed by atoms with E-state index < -0.39 is 8.32 Å². The minimum absolute atomic E-state index is 0.142. The lowest BCUT2D eigenvalue weighted by molar-refractivity contribution is 0.314. The second-order valence-electron chi connectivity index (χ2n) is 8.06. The quantitative estimate of drug-likeness (QED) is 0.458. The molecule has 0 spiro atoms. The second-order valence-corrected chi connectivity index (χ2v) is 12.9. The molecule has 0 amide bonds. The highest BCUT2D eigenvalue weighted by atomic mass is 28.4. The van der Waals surface area contributed by atoms with Crippen LogP contribution >= 0.6 is 0 Å². The van der Waals surface area contributed by atoms with Crippen LogP contribution in [-0.2, 0) is 10.8 Å². The van der Waals surface area contributed by atoms with E-state index in [2.05, 4.69) is 46.9 Å². The van der Waals surface area contributed by atoms with E-state index >= 15 is 0 Å². The van der Waals surface area contributed by atoms with Gasteiger partial charge in [-0.3, -0.25) is 0 Å². The Labute approximate surface area is 141 Å². The first kappa shape index (κ1) is 18.1. The number of hydrogen-bond acceptors (Lipinski definition) is 3. The van der Waals surface area contributed by atoms with Gasteiger partial charge < -0.3 is 14.6 Å². The number of hydrogen-bond donors (Lipinski definition) is 2. The Morgan fingerprint density at radius 3 is 2.35 bits per heavy atom. The van der Waals surface area contributed by atoms with Crippen molar-refractivity contribution in [3.63, 3.8) is 0 Å². The van der Waals surface area contributed by atoms with E-state index in [1.165, 1.54) is 5.57 Å². The van der Waals surface area contributed by atoms with Crippen LogP contribution in [0.1, 0.15) is 51.2 Å². The average molecular weight is 335 g/mol. The summed E-state index contributed by atoms with van der Waals surface area (Å²) in [6.45, 7) is 13.9. The third-order valence-corrected chi connectivity index (χ3v) is 9.86. The molecule has 2 N–H and O–H groups in total. The molecule has 128 valence electrons. The number of rotatable bonds is 4. The summed E-state index contributed by atoms with van der Waals surface area (Å²) in [5.74, 6) is 0.698. The van der Waals surface area contributed by atoms with Gasteiger partial charge in [0, 0.05) is 17.0 Å². The number of aromatic hydroxyl groups is 2. The molecule has 0 aromatic heterocycles. The van der Waals surface area contributed by atoms with Gasteiger partial charge in [0.2, 0.25) is 0 Å². The van der Waals surface area contributed by atoms with Gasteiger partial charge in [-0.2, -0.15) is 0 Å². The van der Waals surface area contributed by atoms with Crippen LogP contribution in [0.5, 0.6) is 11.5 Å². The number of benzene rings is 1. The predicted molar refractivity (Wildman–Crippen MR) is 97.7 cm³/mol. The molecule has 2 rings (SSSR count). The van der Waals surface area contributed by atoms with Crippen LogP contribution in [0.15, 0.2) is 23.8 Å². The van der Waals surface area contributed by atoms with Crippen LogP contribution in [0.25, 0.3) is 0 Å². The van der Waals surface area contributed by atoms with Crippen LogP contribution in [0.3, 0.4) is 0 Å². The monoisotopic (exact) mass is 334 g/mol. The fraction of sp³-hybridized carbons (Fsp3) is 0.579. The molecule has 1 aliphatic carbocycles. The van der Waals surface area contributed by atoms with Crippen molar-refractivity contribution in [1.82, 2.24) is 0 Å². The molecular weight excluding hydrogens is 304 g/mol. The molecule has 1 aromatic carbocycles. The summed E-state index contributed by atoms with van der Waals surface area (Å²) in [6, 6.07) is 3.17. The number of phenolic OH excluding ortho intramolecular Hbond substituents is 2. The zero-order valence-corrected chi connectivity index (χ0v) is 16.2. The molecule has 3 nitrogen and oxygen atoms in total. The molecule has 4 heteroatoms. The molecule has 1 aliphatic rings. The molecule has 0 aliphatic heterocycles. The zero-order chi connectivity index (χ0) is 17.4. The van der Waals surface area contributed by atoms with Crippen LogP contribution in [0, 0.1) is 0 Å². The molecule has 1 atom stereocenters. The summed E-state index contributed by atoms with van der Waals surface area (Å²) >= 11 is 0. The fourth-order valence-corrected chi connectivity index (χ4v) is 3.78. The Morgan fingerprint density at radius 2 is 1.78 bits per heavy atom. The maximum absolute atomic E-state index is 10.2. The van der Waals surface area contributed by atoms with Gasteiger partial charge in [0.15, 0.2) is 8.32 Å². The Kier molecular flexibility index (Phi) is 4.97. The number of fused-ring (bicyclic) bond motifs is 1. The highest BCUT2D eigenvalue weighted by Crippen LogP contribution is 2.43.